The van der Waals surface area contributed by atoms with Crippen molar-refractivity contribution in [2.45, 2.75) is 203 Å². The van der Waals surface area contributed by atoms with Crippen LogP contribution in [0.3, 0.4) is 0 Å². The molecule has 15 atom stereocenters. The average Bonchev–Trinajstić information content (AvgIpc) is 3.27. The molecule has 1 aromatic rings. The molecule has 4 amide bonds. The van der Waals surface area contributed by atoms with Crippen LogP contribution in [0, 0.1) is 17.2 Å². The maximum absolute atomic E-state index is 14.5. The molecule has 0 spiro atoms. The van der Waals surface area contributed by atoms with Crippen molar-refractivity contribution in [3.05, 3.63) is 33.1 Å². The van der Waals surface area contributed by atoms with E-state index in [4.69, 9.17) is 41.6 Å². The first-order valence-electron chi connectivity index (χ1n) is 28.4. The normalized spacial score (nSPS) is 24.4. The second-order valence-electron chi connectivity index (χ2n) is 21.7. The van der Waals surface area contributed by atoms with Gasteiger partial charge in [0.15, 0.2) is 18.5 Å². The number of aliphatic carboxylic acids is 2. The van der Waals surface area contributed by atoms with Gasteiger partial charge in [-0.3, -0.25) is 49.1 Å². The minimum absolute atomic E-state index is 0.0292. The number of H-pyrrole nitrogens is 1. The van der Waals surface area contributed by atoms with Crippen molar-refractivity contribution in [2.75, 3.05) is 32.7 Å². The van der Waals surface area contributed by atoms with E-state index in [0.717, 1.165) is 61.8 Å². The van der Waals surface area contributed by atoms with Gasteiger partial charge in [-0.15, -0.1) is 0 Å². The van der Waals surface area contributed by atoms with Crippen LogP contribution in [0.2, 0.25) is 0 Å². The van der Waals surface area contributed by atoms with Gasteiger partial charge in [-0.05, 0) is 44.1 Å². The summed E-state index contributed by atoms with van der Waals surface area (Å²) in [5, 5.41) is 97.3. The predicted molar refractivity (Wildman–Crippen MR) is 296 cm³/mol. The van der Waals surface area contributed by atoms with Crippen molar-refractivity contribution in [3.8, 4) is 0 Å². The Morgan fingerprint density at radius 3 is 2.00 bits per heavy atom. The fourth-order valence-corrected chi connectivity index (χ4v) is 9.82. The Bertz CT molecular complexity index is 2470. The molecule has 0 radical (unpaired) electrons. The van der Waals surface area contributed by atoms with Crippen LogP contribution in [0.1, 0.15) is 117 Å². The van der Waals surface area contributed by atoms with Gasteiger partial charge in [-0.2, -0.15) is 0 Å². The fraction of sp³-hybridized carbons (Fsp3) is 0.765. The zero-order valence-corrected chi connectivity index (χ0v) is 47.8. The molecule has 476 valence electrons. The number of nitrogens with zero attached hydrogens (tertiary/aromatic N) is 3. The summed E-state index contributed by atoms with van der Waals surface area (Å²) >= 11 is 0. The van der Waals surface area contributed by atoms with E-state index < -0.39 is 156 Å². The van der Waals surface area contributed by atoms with Gasteiger partial charge in [0, 0.05) is 44.9 Å². The van der Waals surface area contributed by atoms with Gasteiger partial charge < -0.3 is 98.7 Å². The van der Waals surface area contributed by atoms with Gasteiger partial charge in [-0.1, -0.05) is 79.1 Å². The zero-order valence-electron chi connectivity index (χ0n) is 47.8. The number of aliphatic hydroxyl groups is 4. The molecular formula is C51H88N14O19. The molecule has 2 saturated heterocycles. The summed E-state index contributed by atoms with van der Waals surface area (Å²) in [7, 11) is 0. The Kier molecular flexibility index (Phi) is 28.6. The minimum Gasteiger partial charge on any atom is -0.480 e. The predicted octanol–water partition coefficient (Wildman–Crippen LogP) is -4.12. The lowest BCUT2D eigenvalue weighted by molar-refractivity contribution is -0.228. The number of unbranched alkanes of at least 4 members (excludes halogenated alkanes) is 9. The topological polar surface area (TPSA) is 526 Å². The first-order valence-corrected chi connectivity index (χ1v) is 28.4. The maximum Gasteiger partial charge on any atom is 0.330 e. The Morgan fingerprint density at radius 2 is 1.44 bits per heavy atom. The minimum atomic E-state index is -1.99. The van der Waals surface area contributed by atoms with Gasteiger partial charge in [0.1, 0.15) is 73.0 Å². The Labute approximate surface area is 484 Å². The maximum atomic E-state index is 14.5. The van der Waals surface area contributed by atoms with Crippen molar-refractivity contribution in [2.24, 2.45) is 34.0 Å². The molecule has 21 N–H and O–H groups in total. The molecule has 2 fully saturated rings. The third-order valence-electron chi connectivity index (χ3n) is 14.5. The third-order valence-corrected chi connectivity index (χ3v) is 14.5. The molecule has 0 aromatic carbocycles. The lowest BCUT2D eigenvalue weighted by Gasteiger charge is -2.34. The van der Waals surface area contributed by atoms with Crippen LogP contribution in [-0.2, 0) is 42.9 Å². The van der Waals surface area contributed by atoms with Crippen molar-refractivity contribution >= 4 is 47.7 Å². The van der Waals surface area contributed by atoms with Gasteiger partial charge >= 0.3 is 29.6 Å². The van der Waals surface area contributed by atoms with E-state index in [9.17, 15) is 74.2 Å². The van der Waals surface area contributed by atoms with E-state index in [0.29, 0.717) is 30.9 Å². The Balaban J connectivity index is 1.51. The number of hydrogen-bond donors (Lipinski definition) is 18. The first-order chi connectivity index (χ1) is 39.8. The van der Waals surface area contributed by atoms with Crippen molar-refractivity contribution < 1.29 is 83.6 Å². The fourth-order valence-electron chi connectivity index (χ4n) is 9.82. The zero-order chi connectivity index (χ0) is 62.4. The van der Waals surface area contributed by atoms with Crippen molar-refractivity contribution in [1.82, 2.24) is 46.5 Å². The summed E-state index contributed by atoms with van der Waals surface area (Å²) in [4.78, 5) is 112. The number of aromatic nitrogens is 2. The van der Waals surface area contributed by atoms with Gasteiger partial charge in [0.05, 0.1) is 6.04 Å². The number of nitrogens with two attached hydrogens (primary N) is 3. The van der Waals surface area contributed by atoms with E-state index in [1.165, 1.54) is 0 Å². The molecule has 4 rings (SSSR count). The summed E-state index contributed by atoms with van der Waals surface area (Å²) in [6.45, 7) is 6.01. The molecular weight excluding hydrogens is 1110 g/mol. The van der Waals surface area contributed by atoms with Crippen LogP contribution in [0.25, 0.3) is 0 Å². The summed E-state index contributed by atoms with van der Waals surface area (Å²) in [6.07, 6.45) is -7.55. The Hall–Kier alpha value is -6.56. The van der Waals surface area contributed by atoms with Crippen molar-refractivity contribution in [1.29, 1.82) is 5.41 Å². The molecule has 33 heteroatoms. The second kappa shape index (κ2) is 34.4. The van der Waals surface area contributed by atoms with E-state index in [-0.39, 0.29) is 51.4 Å². The summed E-state index contributed by atoms with van der Waals surface area (Å²) in [6, 6.07) is -7.49. The van der Waals surface area contributed by atoms with E-state index in [2.05, 4.69) is 36.9 Å². The number of carbonyl (C=O) groups is 6. The number of hydrogen-bond acceptors (Lipinski definition) is 23. The SMILES string of the molecule is CC(C)C(NC(=O)NC(C(=O)NC(C(=O)NCCCNC(C(=O)O)C(OC1OC(CN)C(O)C1O)C1OC(n2ccc(=O)[nH]c2=O)C(O)C1O)C(OC(=O)CCCCCCCCCCCCN(O)C(=N)N)C(C)C)C1CCN=C(N)N1)C(=O)O. The number of hydroxylamine groups is 2. The molecule has 0 saturated carbocycles. The number of urea groups is 1. The standard InChI is InChI=1S/C51H88N14O19/c1-25(2)31(45(74)75)62-50(78)63-32(27-17-21-58-49(55)59-27)43(73)61-33(39(26(3)4)82-30(67)16-13-11-9-7-5-6-8-10-12-14-22-65(80)48(53)54)42(72)57-20-15-19-56-34(46(76)77)40(84-47-38(71)35(68)28(24-52)81-47)41-36(69)37(70)44(83-41)64-23-18-29(66)60-51(64)79/h18,23,25-28,31-41,44,47,56,68-71,80H,5-17,19-22,24,52H2,1-4H3,(H3,53,54)(H,57,72)(H,61,73)(H,74,75)(H,76,77)(H3,55,58,59)(H,60,66,79)(H2,62,63,78). The van der Waals surface area contributed by atoms with Crippen LogP contribution in [0.4, 0.5) is 4.79 Å². The highest BCUT2D eigenvalue weighted by Gasteiger charge is 2.54. The first kappa shape index (κ1) is 69.9. The molecule has 3 aliphatic heterocycles. The number of guanidine groups is 2. The van der Waals surface area contributed by atoms with Crippen LogP contribution in [-0.4, -0.2) is 216 Å². The number of amides is 4. The van der Waals surface area contributed by atoms with Crippen LogP contribution in [0.15, 0.2) is 26.8 Å². The molecule has 4 heterocycles. The van der Waals surface area contributed by atoms with E-state index >= 15 is 0 Å². The lowest BCUT2D eigenvalue weighted by Crippen LogP contribution is -2.66. The monoisotopic (exact) mass is 1200 g/mol. The molecule has 15 unspecified atom stereocenters. The molecule has 3 aliphatic rings. The largest absolute Gasteiger partial charge is 0.480 e. The second-order valence-corrected chi connectivity index (χ2v) is 21.7. The third kappa shape index (κ3) is 20.9. The van der Waals surface area contributed by atoms with Gasteiger partial charge in [-0.25, -0.2) is 19.4 Å². The van der Waals surface area contributed by atoms with E-state index in [1.807, 2.05) is 4.98 Å². The lowest BCUT2D eigenvalue weighted by atomic mass is 9.96. The number of aromatic amines is 1. The van der Waals surface area contributed by atoms with Crippen LogP contribution < -0.4 is 60.4 Å². The molecule has 1 aromatic heterocycles. The highest BCUT2D eigenvalue weighted by Crippen LogP contribution is 2.34. The smallest absolute Gasteiger partial charge is 0.330 e. The highest BCUT2D eigenvalue weighted by atomic mass is 16.7. The van der Waals surface area contributed by atoms with Gasteiger partial charge in [0.25, 0.3) is 5.56 Å². The summed E-state index contributed by atoms with van der Waals surface area (Å²) in [5.74, 6) is -7.16. The average molecular weight is 1200 g/mol. The Morgan fingerprint density at radius 1 is 0.810 bits per heavy atom. The number of carboxylic acids is 2. The number of aliphatic hydroxyl groups excluding tert-OH is 4. The molecule has 84 heavy (non-hydrogen) atoms. The number of rotatable bonds is 36. The molecule has 33 nitrogen and oxygen atoms in total. The summed E-state index contributed by atoms with van der Waals surface area (Å²) in [5.41, 5.74) is 15.1. The van der Waals surface area contributed by atoms with E-state index in [1.54, 1.807) is 27.7 Å². The number of esters is 1. The number of carboxylic acid groups (broad SMARTS) is 2. The molecule has 0 aliphatic carbocycles. The number of carbonyl (C=O) groups excluding carboxylic acids is 4. The van der Waals surface area contributed by atoms with Crippen LogP contribution in [0.5, 0.6) is 0 Å². The number of aliphatic imine (C=N–C) groups is 1. The summed E-state index contributed by atoms with van der Waals surface area (Å²) < 4.78 is 24.0. The number of nitrogens with one attached hydrogen (secondary N) is 8. The van der Waals surface area contributed by atoms with Crippen molar-refractivity contribution in [3.63, 3.8) is 0 Å². The van der Waals surface area contributed by atoms with Gasteiger partial charge in [0.2, 0.25) is 17.8 Å². The molecule has 0 bridgehead atoms. The van der Waals surface area contributed by atoms with Crippen LogP contribution >= 0.6 is 0 Å². The number of ether oxygens (including phenoxy) is 4. The quantitative estimate of drug-likeness (QED) is 0.00998. The highest BCUT2D eigenvalue weighted by molar-refractivity contribution is 5.94.